The van der Waals surface area contributed by atoms with Crippen molar-refractivity contribution in [3.8, 4) is 0 Å². The van der Waals surface area contributed by atoms with Crippen LogP contribution in [0.25, 0.3) is 0 Å². The van der Waals surface area contributed by atoms with Gasteiger partial charge in [0.25, 0.3) is 5.69 Å². The van der Waals surface area contributed by atoms with E-state index in [1.165, 1.54) is 18.2 Å². The Kier molecular flexibility index (Phi) is 5.96. The van der Waals surface area contributed by atoms with Gasteiger partial charge in [0.15, 0.2) is 0 Å². The van der Waals surface area contributed by atoms with E-state index >= 15 is 0 Å². The lowest BCUT2D eigenvalue weighted by atomic mass is 10.1. The van der Waals surface area contributed by atoms with Gasteiger partial charge in [-0.1, -0.05) is 26.7 Å². The molecule has 0 aromatic heterocycles. The molecule has 110 valence electrons. The number of benzene rings is 1. The third kappa shape index (κ3) is 4.87. The number of hydrogen-bond acceptors (Lipinski definition) is 4. The lowest BCUT2D eigenvalue weighted by Gasteiger charge is -2.10. The molecule has 0 aliphatic carbocycles. The first-order valence-electron chi connectivity index (χ1n) is 6.67. The molecule has 0 unspecified atom stereocenters. The summed E-state index contributed by atoms with van der Waals surface area (Å²) in [6.07, 6.45) is 3.06. The number of nitro benzene ring substituents is 1. The molecule has 1 aromatic carbocycles. The van der Waals surface area contributed by atoms with E-state index in [0.717, 1.165) is 19.3 Å². The van der Waals surface area contributed by atoms with Crippen molar-refractivity contribution in [3.63, 3.8) is 0 Å². The number of nitrogens with one attached hydrogen (secondary N) is 1. The second-order valence-corrected chi connectivity index (χ2v) is 5.11. The minimum atomic E-state index is -1.09. The van der Waals surface area contributed by atoms with Gasteiger partial charge in [0, 0.05) is 18.7 Å². The molecule has 6 heteroatoms. The summed E-state index contributed by atoms with van der Waals surface area (Å²) in [7, 11) is 0. The van der Waals surface area contributed by atoms with Gasteiger partial charge in [-0.2, -0.15) is 0 Å². The highest BCUT2D eigenvalue weighted by Gasteiger charge is 2.14. The van der Waals surface area contributed by atoms with Gasteiger partial charge in [-0.25, -0.2) is 4.79 Å². The maximum atomic E-state index is 11.1. The number of rotatable bonds is 8. The van der Waals surface area contributed by atoms with Crippen LogP contribution in [-0.2, 0) is 0 Å². The molecule has 0 bridgehead atoms. The standard InChI is InChI=1S/C14H20N2O4/c1-10(2)5-3-4-8-15-13-9-11(16(19)20)6-7-12(13)14(17)18/h6-7,9-10,15H,3-5,8H2,1-2H3,(H,17,18). The quantitative estimate of drug-likeness (QED) is 0.431. The van der Waals surface area contributed by atoms with Crippen molar-refractivity contribution in [3.05, 3.63) is 33.9 Å². The number of unbranched alkanes of at least 4 members (excludes halogenated alkanes) is 1. The average Bonchev–Trinajstić information content (AvgIpc) is 2.37. The molecule has 6 nitrogen and oxygen atoms in total. The Balaban J connectivity index is 2.68. The number of anilines is 1. The molecule has 0 fully saturated rings. The van der Waals surface area contributed by atoms with Crippen LogP contribution in [0.5, 0.6) is 0 Å². The van der Waals surface area contributed by atoms with Gasteiger partial charge in [-0.15, -0.1) is 0 Å². The molecule has 0 radical (unpaired) electrons. The second kappa shape index (κ2) is 7.47. The molecule has 20 heavy (non-hydrogen) atoms. The number of non-ortho nitro benzene ring substituents is 1. The predicted octanol–water partition coefficient (Wildman–Crippen LogP) is 3.53. The van der Waals surface area contributed by atoms with Gasteiger partial charge in [-0.05, 0) is 18.4 Å². The predicted molar refractivity (Wildman–Crippen MR) is 77.2 cm³/mol. The fraction of sp³-hybridized carbons (Fsp3) is 0.500. The first-order chi connectivity index (χ1) is 9.41. The first-order valence-corrected chi connectivity index (χ1v) is 6.67. The van der Waals surface area contributed by atoms with E-state index in [9.17, 15) is 14.9 Å². The highest BCUT2D eigenvalue weighted by Crippen LogP contribution is 2.22. The van der Waals surface area contributed by atoms with Crippen molar-refractivity contribution >= 4 is 17.3 Å². The molecular formula is C14H20N2O4. The third-order valence-corrected chi connectivity index (χ3v) is 2.97. The van der Waals surface area contributed by atoms with Crippen LogP contribution in [0, 0.1) is 16.0 Å². The van der Waals surface area contributed by atoms with Gasteiger partial charge in [-0.3, -0.25) is 10.1 Å². The normalized spacial score (nSPS) is 10.6. The van der Waals surface area contributed by atoms with E-state index in [0.29, 0.717) is 18.2 Å². The maximum Gasteiger partial charge on any atom is 0.337 e. The Morgan fingerprint density at radius 1 is 1.40 bits per heavy atom. The van der Waals surface area contributed by atoms with Crippen molar-refractivity contribution in [1.29, 1.82) is 0 Å². The SMILES string of the molecule is CC(C)CCCCNc1cc([N+](=O)[O-])ccc1C(=O)O. The van der Waals surface area contributed by atoms with Gasteiger partial charge < -0.3 is 10.4 Å². The fourth-order valence-electron chi connectivity index (χ4n) is 1.88. The van der Waals surface area contributed by atoms with Crippen LogP contribution in [0.3, 0.4) is 0 Å². The largest absolute Gasteiger partial charge is 0.478 e. The van der Waals surface area contributed by atoms with Crippen LogP contribution in [0.4, 0.5) is 11.4 Å². The van der Waals surface area contributed by atoms with Crippen LogP contribution in [0.2, 0.25) is 0 Å². The monoisotopic (exact) mass is 280 g/mol. The molecule has 0 spiro atoms. The molecule has 0 atom stereocenters. The second-order valence-electron chi connectivity index (χ2n) is 5.11. The summed E-state index contributed by atoms with van der Waals surface area (Å²) in [5.41, 5.74) is 0.246. The number of nitrogens with zero attached hydrogens (tertiary/aromatic N) is 1. The lowest BCUT2D eigenvalue weighted by molar-refractivity contribution is -0.384. The van der Waals surface area contributed by atoms with E-state index < -0.39 is 10.9 Å². The Hall–Kier alpha value is -2.11. The Bertz CT molecular complexity index is 486. The van der Waals surface area contributed by atoms with Crippen molar-refractivity contribution in [2.75, 3.05) is 11.9 Å². The van der Waals surface area contributed by atoms with E-state index in [1.807, 2.05) is 0 Å². The Morgan fingerprint density at radius 2 is 2.10 bits per heavy atom. The van der Waals surface area contributed by atoms with Crippen molar-refractivity contribution < 1.29 is 14.8 Å². The number of nitro groups is 1. The zero-order valence-corrected chi connectivity index (χ0v) is 11.8. The zero-order chi connectivity index (χ0) is 15.1. The number of carboxylic acid groups (broad SMARTS) is 1. The molecule has 0 aliphatic heterocycles. The van der Waals surface area contributed by atoms with Crippen LogP contribution in [0.1, 0.15) is 43.5 Å². The smallest absolute Gasteiger partial charge is 0.337 e. The summed E-state index contributed by atoms with van der Waals surface area (Å²) in [5, 5.41) is 22.8. The summed E-state index contributed by atoms with van der Waals surface area (Å²) in [6.45, 7) is 4.90. The minimum absolute atomic E-state index is 0.0551. The molecular weight excluding hydrogens is 260 g/mol. The Labute approximate surface area is 118 Å². The van der Waals surface area contributed by atoms with Gasteiger partial charge in [0.05, 0.1) is 16.2 Å². The summed E-state index contributed by atoms with van der Waals surface area (Å²) < 4.78 is 0. The van der Waals surface area contributed by atoms with E-state index in [1.54, 1.807) is 0 Å². The third-order valence-electron chi connectivity index (χ3n) is 2.97. The first kappa shape index (κ1) is 15.9. The molecule has 1 aromatic rings. The van der Waals surface area contributed by atoms with Crippen LogP contribution in [-0.4, -0.2) is 22.5 Å². The van der Waals surface area contributed by atoms with Crippen molar-refractivity contribution in [2.24, 2.45) is 5.92 Å². The van der Waals surface area contributed by atoms with Gasteiger partial charge in [0.1, 0.15) is 0 Å². The van der Waals surface area contributed by atoms with E-state index in [4.69, 9.17) is 5.11 Å². The number of aromatic carboxylic acids is 1. The number of carbonyl (C=O) groups is 1. The molecule has 2 N–H and O–H groups in total. The van der Waals surface area contributed by atoms with Crippen LogP contribution >= 0.6 is 0 Å². The molecule has 1 rings (SSSR count). The average molecular weight is 280 g/mol. The van der Waals surface area contributed by atoms with Gasteiger partial charge in [0.2, 0.25) is 0 Å². The lowest BCUT2D eigenvalue weighted by Crippen LogP contribution is -2.08. The Morgan fingerprint density at radius 3 is 2.65 bits per heavy atom. The summed E-state index contributed by atoms with van der Waals surface area (Å²) in [6, 6.07) is 3.73. The topological polar surface area (TPSA) is 92.5 Å². The van der Waals surface area contributed by atoms with E-state index in [-0.39, 0.29) is 11.3 Å². The zero-order valence-electron chi connectivity index (χ0n) is 11.8. The maximum absolute atomic E-state index is 11.1. The van der Waals surface area contributed by atoms with Crippen LogP contribution < -0.4 is 5.32 Å². The highest BCUT2D eigenvalue weighted by atomic mass is 16.6. The number of carboxylic acids is 1. The minimum Gasteiger partial charge on any atom is -0.478 e. The van der Waals surface area contributed by atoms with E-state index in [2.05, 4.69) is 19.2 Å². The van der Waals surface area contributed by atoms with Crippen molar-refractivity contribution in [1.82, 2.24) is 0 Å². The molecule has 0 aliphatic rings. The molecule has 0 heterocycles. The van der Waals surface area contributed by atoms with Crippen molar-refractivity contribution in [2.45, 2.75) is 33.1 Å². The highest BCUT2D eigenvalue weighted by molar-refractivity contribution is 5.94. The van der Waals surface area contributed by atoms with Gasteiger partial charge >= 0.3 is 5.97 Å². The molecule has 0 amide bonds. The van der Waals surface area contributed by atoms with Crippen LogP contribution in [0.15, 0.2) is 18.2 Å². The summed E-state index contributed by atoms with van der Waals surface area (Å²) in [5.74, 6) is -0.452. The molecule has 0 saturated heterocycles. The molecule has 0 saturated carbocycles. The number of hydrogen-bond donors (Lipinski definition) is 2. The summed E-state index contributed by atoms with van der Waals surface area (Å²) >= 11 is 0. The fourth-order valence-corrected chi connectivity index (χ4v) is 1.88. The summed E-state index contributed by atoms with van der Waals surface area (Å²) in [4.78, 5) is 21.3.